The van der Waals surface area contributed by atoms with Gasteiger partial charge in [0.25, 0.3) is 0 Å². The predicted molar refractivity (Wildman–Crippen MR) is 70.5 cm³/mol. The topological polar surface area (TPSA) is 89.2 Å². The van der Waals surface area contributed by atoms with Crippen LogP contribution in [0.15, 0.2) is 41.3 Å². The minimum absolute atomic E-state index is 0.0782. The Hall–Kier alpha value is -2.57. The second-order valence-corrected chi connectivity index (χ2v) is 4.24. The summed E-state index contributed by atoms with van der Waals surface area (Å²) in [6.45, 7) is 1.94. The van der Waals surface area contributed by atoms with Crippen molar-refractivity contribution in [1.82, 2.24) is 20.4 Å². The van der Waals surface area contributed by atoms with Crippen LogP contribution in [0.5, 0.6) is 0 Å². The van der Waals surface area contributed by atoms with Crippen LogP contribution in [0.2, 0.25) is 0 Å². The predicted octanol–water partition coefficient (Wildman–Crippen LogP) is 0.470. The second kappa shape index (κ2) is 6.55. The summed E-state index contributed by atoms with van der Waals surface area (Å²) in [5.74, 6) is 0.124. The second-order valence-electron chi connectivity index (χ2n) is 4.24. The van der Waals surface area contributed by atoms with Gasteiger partial charge in [-0.05, 0) is 25.1 Å². The van der Waals surface area contributed by atoms with Crippen LogP contribution in [0.25, 0.3) is 0 Å². The molecule has 7 heteroatoms. The number of furan rings is 1. The Morgan fingerprint density at radius 1 is 1.40 bits per heavy atom. The van der Waals surface area contributed by atoms with Gasteiger partial charge in [0.2, 0.25) is 11.8 Å². The normalized spacial score (nSPS) is 11.8. The maximum Gasteiger partial charge on any atom is 0.245 e. The molecule has 0 aliphatic carbocycles. The largest absolute Gasteiger partial charge is 0.467 e. The first-order chi connectivity index (χ1) is 9.66. The molecule has 106 valence electrons. The summed E-state index contributed by atoms with van der Waals surface area (Å²) >= 11 is 0. The highest BCUT2D eigenvalue weighted by atomic mass is 16.3. The molecule has 0 radical (unpaired) electrons. The SMILES string of the molecule is CC(C(=O)NCC(=O)NCc1ccco1)n1cccn1. The molecule has 1 unspecified atom stereocenters. The highest BCUT2D eigenvalue weighted by Crippen LogP contribution is 2.02. The van der Waals surface area contributed by atoms with E-state index in [2.05, 4.69) is 15.7 Å². The highest BCUT2D eigenvalue weighted by molar-refractivity contribution is 5.86. The van der Waals surface area contributed by atoms with Crippen LogP contribution in [-0.2, 0) is 16.1 Å². The quantitative estimate of drug-likeness (QED) is 0.802. The molecule has 0 aliphatic rings. The van der Waals surface area contributed by atoms with E-state index in [-0.39, 0.29) is 18.4 Å². The molecule has 2 aromatic rings. The number of hydrogen-bond donors (Lipinski definition) is 2. The molecule has 2 amide bonds. The summed E-state index contributed by atoms with van der Waals surface area (Å²) < 4.78 is 6.61. The zero-order valence-electron chi connectivity index (χ0n) is 11.1. The van der Waals surface area contributed by atoms with Gasteiger partial charge in [0.1, 0.15) is 11.8 Å². The number of amides is 2. The molecule has 7 nitrogen and oxygen atoms in total. The average Bonchev–Trinajstić information content (AvgIpc) is 3.13. The van der Waals surface area contributed by atoms with E-state index < -0.39 is 6.04 Å². The molecule has 0 aliphatic heterocycles. The molecule has 0 aromatic carbocycles. The molecule has 0 fully saturated rings. The molecular weight excluding hydrogens is 260 g/mol. The van der Waals surface area contributed by atoms with Gasteiger partial charge < -0.3 is 15.1 Å². The number of carbonyl (C=O) groups is 2. The molecule has 2 rings (SSSR count). The van der Waals surface area contributed by atoms with Gasteiger partial charge in [0.15, 0.2) is 0 Å². The Morgan fingerprint density at radius 2 is 2.25 bits per heavy atom. The molecule has 0 bridgehead atoms. The molecule has 2 heterocycles. The van der Waals surface area contributed by atoms with Crippen molar-refractivity contribution in [3.8, 4) is 0 Å². The average molecular weight is 276 g/mol. The summed E-state index contributed by atoms with van der Waals surface area (Å²) in [5, 5.41) is 9.18. The maximum atomic E-state index is 11.8. The summed E-state index contributed by atoms with van der Waals surface area (Å²) in [6.07, 6.45) is 4.83. The van der Waals surface area contributed by atoms with Crippen LogP contribution < -0.4 is 10.6 Å². The Morgan fingerprint density at radius 3 is 2.90 bits per heavy atom. The number of hydrogen-bond acceptors (Lipinski definition) is 4. The molecule has 2 aromatic heterocycles. The van der Waals surface area contributed by atoms with E-state index in [1.54, 1.807) is 37.5 Å². The van der Waals surface area contributed by atoms with Gasteiger partial charge in [-0.2, -0.15) is 5.10 Å². The van der Waals surface area contributed by atoms with Crippen LogP contribution >= 0.6 is 0 Å². The Balaban J connectivity index is 1.71. The first kappa shape index (κ1) is 13.9. The third-order valence-electron chi connectivity index (χ3n) is 2.76. The van der Waals surface area contributed by atoms with Gasteiger partial charge in [-0.15, -0.1) is 0 Å². The maximum absolute atomic E-state index is 11.8. The summed E-state index contributed by atoms with van der Waals surface area (Å²) in [4.78, 5) is 23.4. The molecule has 0 spiro atoms. The zero-order valence-corrected chi connectivity index (χ0v) is 11.1. The molecular formula is C13H16N4O3. The lowest BCUT2D eigenvalue weighted by molar-refractivity contribution is -0.128. The van der Waals surface area contributed by atoms with Gasteiger partial charge in [-0.25, -0.2) is 0 Å². The summed E-state index contributed by atoms with van der Waals surface area (Å²) in [7, 11) is 0. The van der Waals surface area contributed by atoms with Gasteiger partial charge in [0.05, 0.1) is 19.4 Å². The van der Waals surface area contributed by atoms with Gasteiger partial charge in [-0.1, -0.05) is 0 Å². The summed E-state index contributed by atoms with van der Waals surface area (Å²) in [6, 6.07) is 4.79. The third-order valence-corrected chi connectivity index (χ3v) is 2.76. The van der Waals surface area contributed by atoms with E-state index >= 15 is 0 Å². The molecule has 0 saturated heterocycles. The van der Waals surface area contributed by atoms with Crippen molar-refractivity contribution in [3.05, 3.63) is 42.6 Å². The van der Waals surface area contributed by atoms with Crippen LogP contribution in [0.4, 0.5) is 0 Å². The van der Waals surface area contributed by atoms with Crippen molar-refractivity contribution in [3.63, 3.8) is 0 Å². The van der Waals surface area contributed by atoms with Crippen molar-refractivity contribution in [2.75, 3.05) is 6.54 Å². The molecule has 20 heavy (non-hydrogen) atoms. The van der Waals surface area contributed by atoms with E-state index in [0.717, 1.165) is 0 Å². The van der Waals surface area contributed by atoms with E-state index in [4.69, 9.17) is 4.42 Å². The van der Waals surface area contributed by atoms with Gasteiger partial charge in [0, 0.05) is 12.4 Å². The van der Waals surface area contributed by atoms with Crippen molar-refractivity contribution in [2.24, 2.45) is 0 Å². The third kappa shape index (κ3) is 3.71. The van der Waals surface area contributed by atoms with Crippen molar-refractivity contribution < 1.29 is 14.0 Å². The first-order valence-corrected chi connectivity index (χ1v) is 6.22. The Labute approximate surface area is 116 Å². The minimum Gasteiger partial charge on any atom is -0.467 e. The monoisotopic (exact) mass is 276 g/mol. The Bertz CT molecular complexity index is 548. The zero-order chi connectivity index (χ0) is 14.4. The fourth-order valence-electron chi connectivity index (χ4n) is 1.61. The van der Waals surface area contributed by atoms with Crippen LogP contribution in [0.1, 0.15) is 18.7 Å². The van der Waals surface area contributed by atoms with E-state index in [9.17, 15) is 9.59 Å². The fraction of sp³-hybridized carbons (Fsp3) is 0.308. The van der Waals surface area contributed by atoms with Crippen molar-refractivity contribution >= 4 is 11.8 Å². The van der Waals surface area contributed by atoms with Gasteiger partial charge >= 0.3 is 0 Å². The van der Waals surface area contributed by atoms with Crippen LogP contribution in [-0.4, -0.2) is 28.1 Å². The fourth-order valence-corrected chi connectivity index (χ4v) is 1.61. The Kier molecular flexibility index (Phi) is 4.54. The lowest BCUT2D eigenvalue weighted by Gasteiger charge is -2.12. The van der Waals surface area contributed by atoms with Crippen LogP contribution in [0.3, 0.4) is 0 Å². The molecule has 0 saturated carbocycles. The van der Waals surface area contributed by atoms with Crippen molar-refractivity contribution in [2.45, 2.75) is 19.5 Å². The number of carbonyl (C=O) groups excluding carboxylic acids is 2. The van der Waals surface area contributed by atoms with E-state index in [1.165, 1.54) is 10.9 Å². The molecule has 1 atom stereocenters. The lowest BCUT2D eigenvalue weighted by Crippen LogP contribution is -2.39. The van der Waals surface area contributed by atoms with E-state index in [0.29, 0.717) is 12.3 Å². The van der Waals surface area contributed by atoms with Crippen molar-refractivity contribution in [1.29, 1.82) is 0 Å². The summed E-state index contributed by atoms with van der Waals surface area (Å²) in [5.41, 5.74) is 0. The number of aromatic nitrogens is 2. The van der Waals surface area contributed by atoms with E-state index in [1.807, 2.05) is 0 Å². The van der Waals surface area contributed by atoms with Gasteiger partial charge in [-0.3, -0.25) is 14.3 Å². The number of nitrogens with one attached hydrogen (secondary N) is 2. The number of rotatable bonds is 6. The molecule has 2 N–H and O–H groups in total. The van der Waals surface area contributed by atoms with Crippen LogP contribution in [0, 0.1) is 0 Å². The lowest BCUT2D eigenvalue weighted by atomic mass is 10.3. The first-order valence-electron chi connectivity index (χ1n) is 6.22. The number of nitrogens with zero attached hydrogens (tertiary/aromatic N) is 2. The highest BCUT2D eigenvalue weighted by Gasteiger charge is 2.15. The minimum atomic E-state index is -0.456. The smallest absolute Gasteiger partial charge is 0.245 e. The standard InChI is InChI=1S/C13H16N4O3/c1-10(17-6-3-5-16-17)13(19)15-9-12(18)14-8-11-4-2-7-20-11/h2-7,10H,8-9H2,1H3,(H,14,18)(H,15,19).